The van der Waals surface area contributed by atoms with E-state index < -0.39 is 22.0 Å². The van der Waals surface area contributed by atoms with Crippen molar-refractivity contribution < 1.29 is 23.4 Å². The van der Waals surface area contributed by atoms with Crippen LogP contribution in [0.25, 0.3) is 11.1 Å². The highest BCUT2D eigenvalue weighted by molar-refractivity contribution is 7.90. The molecule has 39 heavy (non-hydrogen) atoms. The van der Waals surface area contributed by atoms with Crippen LogP contribution in [0.1, 0.15) is 59.8 Å². The number of carbonyl (C=O) groups excluding carboxylic acids is 1. The van der Waals surface area contributed by atoms with Crippen LogP contribution in [0.15, 0.2) is 72.8 Å². The maximum atomic E-state index is 12.8. The summed E-state index contributed by atoms with van der Waals surface area (Å²) in [7, 11) is -3.81. The number of benzene rings is 3. The summed E-state index contributed by atoms with van der Waals surface area (Å²) in [4.78, 5) is 12.8. The molecule has 1 amide bonds. The standard InChI is InChI=1S/C31H40N2O5S/c1-23(2)20-28-21-27(15-16-29(28)31(36)33-39(37,38)19-7-18-34)25-13-11-24(12-14-25)8-6-17-32-22-30(35)26-9-4-3-5-10-26/h3-5,9-16,21,23,30,32,34-35H,6-8,17-20,22H2,1-2H3,(H,33,36)/t30-/m0/s1. The second kappa shape index (κ2) is 14.9. The maximum Gasteiger partial charge on any atom is 0.265 e. The molecule has 8 heteroatoms. The molecule has 0 fully saturated rings. The lowest BCUT2D eigenvalue weighted by Gasteiger charge is -2.15. The second-order valence-electron chi connectivity index (χ2n) is 10.2. The number of amides is 1. The lowest BCUT2D eigenvalue weighted by Crippen LogP contribution is -2.33. The van der Waals surface area contributed by atoms with Gasteiger partial charge in [0.2, 0.25) is 10.0 Å². The molecule has 3 rings (SSSR count). The molecule has 0 unspecified atom stereocenters. The van der Waals surface area contributed by atoms with E-state index in [1.807, 2.05) is 42.5 Å². The van der Waals surface area contributed by atoms with E-state index in [9.17, 15) is 18.3 Å². The van der Waals surface area contributed by atoms with Crippen molar-refractivity contribution in [3.8, 4) is 11.1 Å². The van der Waals surface area contributed by atoms with Crippen molar-refractivity contribution >= 4 is 15.9 Å². The summed E-state index contributed by atoms with van der Waals surface area (Å²) in [5.74, 6) is -0.664. The minimum Gasteiger partial charge on any atom is -0.396 e. The third-order valence-electron chi connectivity index (χ3n) is 6.43. The van der Waals surface area contributed by atoms with Gasteiger partial charge in [-0.3, -0.25) is 4.79 Å². The third-order valence-corrected chi connectivity index (χ3v) is 7.75. The number of aryl methyl sites for hydroxylation is 1. The van der Waals surface area contributed by atoms with Crippen molar-refractivity contribution in [1.29, 1.82) is 0 Å². The molecule has 0 spiro atoms. The van der Waals surface area contributed by atoms with Gasteiger partial charge >= 0.3 is 0 Å². The Kier molecular flexibility index (Phi) is 11.7. The van der Waals surface area contributed by atoms with Crippen molar-refractivity contribution in [2.45, 2.75) is 45.6 Å². The average molecular weight is 553 g/mol. The SMILES string of the molecule is CC(C)Cc1cc(-c2ccc(CCCNC[C@H](O)c3ccccc3)cc2)ccc1C(=O)NS(=O)(=O)CCCO. The van der Waals surface area contributed by atoms with Crippen molar-refractivity contribution in [3.05, 3.63) is 95.1 Å². The molecule has 0 aliphatic rings. The molecule has 0 aromatic heterocycles. The molecular weight excluding hydrogens is 512 g/mol. The smallest absolute Gasteiger partial charge is 0.265 e. The first-order valence-corrected chi connectivity index (χ1v) is 15.2. The summed E-state index contributed by atoms with van der Waals surface area (Å²) < 4.78 is 26.5. The van der Waals surface area contributed by atoms with E-state index in [1.165, 1.54) is 5.56 Å². The summed E-state index contributed by atoms with van der Waals surface area (Å²) in [5.41, 5.74) is 5.26. The molecule has 210 valence electrons. The Morgan fingerprint density at radius 2 is 1.62 bits per heavy atom. The maximum absolute atomic E-state index is 12.8. The van der Waals surface area contributed by atoms with Gasteiger partial charge in [0.05, 0.1) is 11.9 Å². The first-order valence-electron chi connectivity index (χ1n) is 13.5. The molecule has 3 aromatic rings. The van der Waals surface area contributed by atoms with Crippen molar-refractivity contribution in [2.24, 2.45) is 5.92 Å². The van der Waals surface area contributed by atoms with Crippen LogP contribution in [-0.2, 0) is 22.9 Å². The Morgan fingerprint density at radius 3 is 2.28 bits per heavy atom. The van der Waals surface area contributed by atoms with E-state index in [1.54, 1.807) is 6.07 Å². The molecule has 0 saturated heterocycles. The molecule has 0 saturated carbocycles. The first kappa shape index (κ1) is 30.5. The van der Waals surface area contributed by atoms with Crippen LogP contribution < -0.4 is 10.0 Å². The highest BCUT2D eigenvalue weighted by atomic mass is 32.2. The third kappa shape index (κ3) is 9.89. The number of carbonyl (C=O) groups is 1. The monoisotopic (exact) mass is 552 g/mol. The number of nitrogens with one attached hydrogen (secondary N) is 2. The van der Waals surface area contributed by atoms with Gasteiger partial charge in [-0.2, -0.15) is 0 Å². The topological polar surface area (TPSA) is 116 Å². The minimum atomic E-state index is -3.81. The fourth-order valence-electron chi connectivity index (χ4n) is 4.42. The summed E-state index contributed by atoms with van der Waals surface area (Å²) in [6, 6.07) is 23.5. The van der Waals surface area contributed by atoms with Gasteiger partial charge < -0.3 is 15.5 Å². The van der Waals surface area contributed by atoms with Crippen molar-refractivity contribution in [3.63, 3.8) is 0 Å². The van der Waals surface area contributed by atoms with Gasteiger partial charge in [0.25, 0.3) is 5.91 Å². The molecule has 0 radical (unpaired) electrons. The number of rotatable bonds is 15. The van der Waals surface area contributed by atoms with Crippen LogP contribution in [0.4, 0.5) is 0 Å². The van der Waals surface area contributed by atoms with E-state index in [4.69, 9.17) is 5.11 Å². The van der Waals surface area contributed by atoms with Gasteiger partial charge in [-0.1, -0.05) is 80.6 Å². The summed E-state index contributed by atoms with van der Waals surface area (Å²) >= 11 is 0. The fourth-order valence-corrected chi connectivity index (χ4v) is 5.42. The lowest BCUT2D eigenvalue weighted by atomic mass is 9.93. The highest BCUT2D eigenvalue weighted by Crippen LogP contribution is 2.25. The normalized spacial score (nSPS) is 12.4. The quantitative estimate of drug-likeness (QED) is 0.210. The van der Waals surface area contributed by atoms with E-state index in [2.05, 4.69) is 48.2 Å². The zero-order chi connectivity index (χ0) is 28.3. The zero-order valence-corrected chi connectivity index (χ0v) is 23.6. The van der Waals surface area contributed by atoms with Crippen LogP contribution in [0.3, 0.4) is 0 Å². The van der Waals surface area contributed by atoms with Crippen LogP contribution in [0, 0.1) is 5.92 Å². The number of sulfonamides is 1. The molecule has 0 heterocycles. The Bertz CT molecular complexity index is 1290. The highest BCUT2D eigenvalue weighted by Gasteiger charge is 2.19. The summed E-state index contributed by atoms with van der Waals surface area (Å²) in [6.07, 6.45) is 2.06. The van der Waals surface area contributed by atoms with Crippen LogP contribution in [0.5, 0.6) is 0 Å². The Balaban J connectivity index is 1.59. The fraction of sp³-hybridized carbons (Fsp3) is 0.387. The van der Waals surface area contributed by atoms with Gasteiger partial charge in [0.15, 0.2) is 0 Å². The second-order valence-corrected chi connectivity index (χ2v) is 12.1. The average Bonchev–Trinajstić information content (AvgIpc) is 2.92. The van der Waals surface area contributed by atoms with Crippen LogP contribution >= 0.6 is 0 Å². The number of aliphatic hydroxyl groups excluding tert-OH is 2. The molecule has 0 aliphatic heterocycles. The Labute approximate surface area is 232 Å². The first-order chi connectivity index (χ1) is 18.7. The molecule has 1 atom stereocenters. The van der Waals surface area contributed by atoms with Crippen molar-refractivity contribution in [1.82, 2.24) is 10.0 Å². The lowest BCUT2D eigenvalue weighted by molar-refractivity contribution is 0.0980. The zero-order valence-electron chi connectivity index (χ0n) is 22.8. The Hall–Kier alpha value is -3.04. The largest absolute Gasteiger partial charge is 0.396 e. The van der Waals surface area contributed by atoms with E-state index in [0.717, 1.165) is 41.6 Å². The summed E-state index contributed by atoms with van der Waals surface area (Å²) in [6.45, 7) is 5.18. The number of hydrogen-bond acceptors (Lipinski definition) is 6. The van der Waals surface area contributed by atoms with E-state index in [-0.39, 0.29) is 24.7 Å². The molecule has 3 aromatic carbocycles. The van der Waals surface area contributed by atoms with E-state index >= 15 is 0 Å². The van der Waals surface area contributed by atoms with Gasteiger partial charge in [-0.05, 0) is 72.0 Å². The predicted molar refractivity (Wildman–Crippen MR) is 156 cm³/mol. The van der Waals surface area contributed by atoms with Gasteiger partial charge in [-0.15, -0.1) is 0 Å². The number of hydrogen-bond donors (Lipinski definition) is 4. The molecule has 0 aliphatic carbocycles. The molecule has 0 bridgehead atoms. The van der Waals surface area contributed by atoms with Gasteiger partial charge in [-0.25, -0.2) is 13.1 Å². The molecular formula is C31H40N2O5S. The van der Waals surface area contributed by atoms with Crippen LogP contribution in [0.2, 0.25) is 0 Å². The van der Waals surface area contributed by atoms with Gasteiger partial charge in [0, 0.05) is 18.7 Å². The van der Waals surface area contributed by atoms with E-state index in [0.29, 0.717) is 18.5 Å². The predicted octanol–water partition coefficient (Wildman–Crippen LogP) is 4.25. The van der Waals surface area contributed by atoms with Gasteiger partial charge in [0.1, 0.15) is 0 Å². The summed E-state index contributed by atoms with van der Waals surface area (Å²) in [5, 5.41) is 22.5. The number of aliphatic hydroxyl groups is 2. The van der Waals surface area contributed by atoms with Crippen molar-refractivity contribution in [2.75, 3.05) is 25.4 Å². The molecule has 4 N–H and O–H groups in total. The van der Waals surface area contributed by atoms with Crippen LogP contribution in [-0.4, -0.2) is 50.0 Å². The molecule has 7 nitrogen and oxygen atoms in total. The minimum absolute atomic E-state index is 0.0737. The Morgan fingerprint density at radius 1 is 0.923 bits per heavy atom.